The lowest BCUT2D eigenvalue weighted by molar-refractivity contribution is 0.447. The lowest BCUT2D eigenvalue weighted by Gasteiger charge is -2.33. The van der Waals surface area contributed by atoms with E-state index in [-0.39, 0.29) is 6.04 Å². The minimum Gasteiger partial charge on any atom is -0.371 e. The minimum absolute atomic E-state index is 0.157. The van der Waals surface area contributed by atoms with Gasteiger partial charge in [0, 0.05) is 24.5 Å². The first kappa shape index (κ1) is 19.7. The van der Waals surface area contributed by atoms with E-state index in [0.29, 0.717) is 5.11 Å². The summed E-state index contributed by atoms with van der Waals surface area (Å²) in [5, 5.41) is 7.37. The molecule has 0 amide bonds. The van der Waals surface area contributed by atoms with Crippen LogP contribution in [0, 0.1) is 19.8 Å². The Balaban J connectivity index is 1.58. The van der Waals surface area contributed by atoms with Gasteiger partial charge < -0.3 is 15.5 Å². The van der Waals surface area contributed by atoms with Crippen molar-refractivity contribution in [3.05, 3.63) is 59.2 Å². The van der Waals surface area contributed by atoms with Gasteiger partial charge in [0.2, 0.25) is 0 Å². The number of thiocarbonyl (C=S) groups is 1. The first-order chi connectivity index (χ1) is 12.9. The number of nitrogens with zero attached hydrogens (tertiary/aromatic N) is 1. The van der Waals surface area contributed by atoms with Crippen LogP contribution in [0.3, 0.4) is 0 Å². The molecule has 0 unspecified atom stereocenters. The first-order valence-electron chi connectivity index (χ1n) is 9.92. The van der Waals surface area contributed by atoms with Gasteiger partial charge in [0.1, 0.15) is 0 Å². The van der Waals surface area contributed by atoms with Crippen molar-refractivity contribution in [3.8, 4) is 0 Å². The Labute approximate surface area is 169 Å². The average Bonchev–Trinajstić information content (AvgIpc) is 2.64. The van der Waals surface area contributed by atoms with Crippen molar-refractivity contribution < 1.29 is 0 Å². The average molecular weight is 382 g/mol. The number of hydrogen-bond acceptors (Lipinski definition) is 2. The molecule has 1 aliphatic rings. The number of aryl methyl sites for hydroxylation is 2. The lowest BCUT2D eigenvalue weighted by Crippen LogP contribution is -2.34. The normalized spacial score (nSPS) is 18.1. The predicted octanol–water partition coefficient (Wildman–Crippen LogP) is 5.59. The molecule has 3 rings (SSSR count). The highest BCUT2D eigenvalue weighted by molar-refractivity contribution is 7.80. The molecule has 0 spiro atoms. The van der Waals surface area contributed by atoms with Crippen LogP contribution >= 0.6 is 12.2 Å². The van der Waals surface area contributed by atoms with Gasteiger partial charge in [0.15, 0.2) is 5.11 Å². The molecule has 0 saturated carbocycles. The zero-order chi connectivity index (χ0) is 19.4. The maximum absolute atomic E-state index is 5.52. The molecule has 0 aliphatic carbocycles. The molecule has 1 heterocycles. The molecule has 0 aromatic heterocycles. The molecule has 2 N–H and O–H groups in total. The van der Waals surface area contributed by atoms with Crippen molar-refractivity contribution in [2.45, 2.75) is 46.6 Å². The molecule has 144 valence electrons. The molecule has 0 radical (unpaired) electrons. The molecule has 1 saturated heterocycles. The van der Waals surface area contributed by atoms with E-state index in [1.54, 1.807) is 0 Å². The van der Waals surface area contributed by atoms with Gasteiger partial charge in [-0.1, -0.05) is 36.8 Å². The summed E-state index contributed by atoms with van der Waals surface area (Å²) in [6.45, 7) is 11.0. The van der Waals surface area contributed by atoms with Crippen LogP contribution in [0.25, 0.3) is 0 Å². The topological polar surface area (TPSA) is 27.3 Å². The standard InChI is InChI=1S/C23H31N3S/c1-16-7-12-22(18(3)14-16)25-23(27)24-19(4)20-8-10-21(11-9-20)26-13-5-6-17(2)15-26/h7-12,14,17,19H,5-6,13,15H2,1-4H3,(H2,24,25,27)/t17-,19-/m0/s1. The summed E-state index contributed by atoms with van der Waals surface area (Å²) in [4.78, 5) is 2.50. The molecule has 2 atom stereocenters. The van der Waals surface area contributed by atoms with E-state index in [2.05, 4.69) is 85.7 Å². The summed E-state index contributed by atoms with van der Waals surface area (Å²) in [7, 11) is 0. The second kappa shape index (κ2) is 8.75. The van der Waals surface area contributed by atoms with Crippen molar-refractivity contribution in [2.75, 3.05) is 23.3 Å². The molecule has 0 bridgehead atoms. The van der Waals surface area contributed by atoms with Crippen molar-refractivity contribution in [3.63, 3.8) is 0 Å². The fourth-order valence-electron chi connectivity index (χ4n) is 3.79. The zero-order valence-electron chi connectivity index (χ0n) is 16.9. The Morgan fingerprint density at radius 1 is 1.15 bits per heavy atom. The third-order valence-electron chi connectivity index (χ3n) is 5.39. The van der Waals surface area contributed by atoms with Crippen LogP contribution in [-0.2, 0) is 0 Å². The van der Waals surface area contributed by atoms with Crippen LogP contribution in [0.15, 0.2) is 42.5 Å². The van der Waals surface area contributed by atoms with E-state index < -0.39 is 0 Å². The van der Waals surface area contributed by atoms with Gasteiger partial charge in [0.25, 0.3) is 0 Å². The highest BCUT2D eigenvalue weighted by Crippen LogP contribution is 2.25. The quantitative estimate of drug-likeness (QED) is 0.675. The monoisotopic (exact) mass is 381 g/mol. The van der Waals surface area contributed by atoms with Gasteiger partial charge in [-0.2, -0.15) is 0 Å². The SMILES string of the molecule is Cc1ccc(NC(=S)N[C@@H](C)c2ccc(N3CCC[C@H](C)C3)cc2)c(C)c1. The summed E-state index contributed by atoms with van der Waals surface area (Å²) in [6.07, 6.45) is 2.64. The van der Waals surface area contributed by atoms with Crippen LogP contribution in [0.1, 0.15) is 49.4 Å². The molecule has 1 fully saturated rings. The van der Waals surface area contributed by atoms with Crippen molar-refractivity contribution in [1.29, 1.82) is 0 Å². The number of hydrogen-bond donors (Lipinski definition) is 2. The zero-order valence-corrected chi connectivity index (χ0v) is 17.7. The van der Waals surface area contributed by atoms with Crippen molar-refractivity contribution >= 4 is 28.7 Å². The smallest absolute Gasteiger partial charge is 0.171 e. The molecular weight excluding hydrogens is 350 g/mol. The van der Waals surface area contributed by atoms with Crippen LogP contribution in [0.5, 0.6) is 0 Å². The third-order valence-corrected chi connectivity index (χ3v) is 5.61. The first-order valence-corrected chi connectivity index (χ1v) is 10.3. The number of piperidine rings is 1. The number of benzene rings is 2. The number of anilines is 2. The van der Waals surface area contributed by atoms with E-state index in [1.165, 1.54) is 41.8 Å². The third kappa shape index (κ3) is 5.23. The fourth-order valence-corrected chi connectivity index (χ4v) is 4.08. The molecular formula is C23H31N3S. The van der Waals surface area contributed by atoms with Gasteiger partial charge >= 0.3 is 0 Å². The lowest BCUT2D eigenvalue weighted by atomic mass is 9.99. The van der Waals surface area contributed by atoms with Gasteiger partial charge in [-0.05, 0) is 81.1 Å². The minimum atomic E-state index is 0.157. The number of nitrogens with one attached hydrogen (secondary N) is 2. The highest BCUT2D eigenvalue weighted by Gasteiger charge is 2.17. The van der Waals surface area contributed by atoms with Crippen LogP contribution in [-0.4, -0.2) is 18.2 Å². The fraction of sp³-hybridized carbons (Fsp3) is 0.435. The van der Waals surface area contributed by atoms with Gasteiger partial charge in [0.05, 0.1) is 6.04 Å². The maximum atomic E-state index is 5.52. The predicted molar refractivity (Wildman–Crippen MR) is 121 cm³/mol. The Bertz CT molecular complexity index is 785. The number of rotatable bonds is 4. The van der Waals surface area contributed by atoms with Crippen LogP contribution in [0.2, 0.25) is 0 Å². The Hall–Kier alpha value is -2.07. The Morgan fingerprint density at radius 3 is 2.56 bits per heavy atom. The molecule has 27 heavy (non-hydrogen) atoms. The van der Waals surface area contributed by atoms with Crippen LogP contribution < -0.4 is 15.5 Å². The molecule has 2 aromatic rings. The van der Waals surface area contributed by atoms with Crippen LogP contribution in [0.4, 0.5) is 11.4 Å². The largest absolute Gasteiger partial charge is 0.371 e. The van der Waals surface area contributed by atoms with Gasteiger partial charge in [-0.3, -0.25) is 0 Å². The van der Waals surface area contributed by atoms with E-state index >= 15 is 0 Å². The van der Waals surface area contributed by atoms with Crippen molar-refractivity contribution in [1.82, 2.24) is 5.32 Å². The molecule has 1 aliphatic heterocycles. The maximum Gasteiger partial charge on any atom is 0.171 e. The molecule has 3 nitrogen and oxygen atoms in total. The summed E-state index contributed by atoms with van der Waals surface area (Å²) in [5.41, 5.74) is 6.09. The second-order valence-corrected chi connectivity index (χ2v) is 8.33. The second-order valence-electron chi connectivity index (χ2n) is 7.92. The molecule has 4 heteroatoms. The summed E-state index contributed by atoms with van der Waals surface area (Å²) in [5.74, 6) is 0.785. The van der Waals surface area contributed by atoms with E-state index in [1.807, 2.05) is 0 Å². The summed E-state index contributed by atoms with van der Waals surface area (Å²) >= 11 is 5.52. The summed E-state index contributed by atoms with van der Waals surface area (Å²) < 4.78 is 0. The van der Waals surface area contributed by atoms with E-state index in [9.17, 15) is 0 Å². The van der Waals surface area contributed by atoms with E-state index in [0.717, 1.165) is 18.2 Å². The van der Waals surface area contributed by atoms with Crippen molar-refractivity contribution in [2.24, 2.45) is 5.92 Å². The highest BCUT2D eigenvalue weighted by atomic mass is 32.1. The van der Waals surface area contributed by atoms with Gasteiger partial charge in [-0.25, -0.2) is 0 Å². The van der Waals surface area contributed by atoms with E-state index in [4.69, 9.17) is 12.2 Å². The van der Waals surface area contributed by atoms with Gasteiger partial charge in [-0.15, -0.1) is 0 Å². The summed E-state index contributed by atoms with van der Waals surface area (Å²) in [6, 6.07) is 15.4. The Morgan fingerprint density at radius 2 is 1.89 bits per heavy atom. The molecule has 2 aromatic carbocycles. The Kier molecular flexibility index (Phi) is 6.38.